The smallest absolute Gasteiger partial charge is 0.0774 e. The Bertz CT molecular complexity index is 333. The zero-order valence-corrected chi connectivity index (χ0v) is 10.6. The fourth-order valence-corrected chi connectivity index (χ4v) is 2.62. The first-order valence-corrected chi connectivity index (χ1v) is 6.49. The lowest BCUT2D eigenvalue weighted by Gasteiger charge is -2.28. The molecule has 0 saturated heterocycles. The first-order chi connectivity index (χ1) is 8.18. The summed E-state index contributed by atoms with van der Waals surface area (Å²) in [6.45, 7) is 1.75. The highest BCUT2D eigenvalue weighted by Gasteiger charge is 2.31. The Balaban J connectivity index is 1.76. The van der Waals surface area contributed by atoms with Gasteiger partial charge in [0.15, 0.2) is 0 Å². The molecule has 0 amide bonds. The maximum absolute atomic E-state index is 10.3. The molecule has 1 aliphatic rings. The van der Waals surface area contributed by atoms with Gasteiger partial charge in [-0.2, -0.15) is 0 Å². The summed E-state index contributed by atoms with van der Waals surface area (Å²) in [7, 11) is 2.08. The van der Waals surface area contributed by atoms with E-state index in [1.807, 2.05) is 18.3 Å². The molecule has 0 radical (unpaired) electrons. The maximum Gasteiger partial charge on any atom is 0.0774 e. The van der Waals surface area contributed by atoms with Crippen LogP contribution in [0.15, 0.2) is 24.4 Å². The van der Waals surface area contributed by atoms with Gasteiger partial charge in [-0.15, -0.1) is 0 Å². The van der Waals surface area contributed by atoms with Gasteiger partial charge in [-0.1, -0.05) is 18.9 Å². The number of aliphatic hydroxyl groups is 1. The Kier molecular flexibility index (Phi) is 4.13. The molecule has 3 nitrogen and oxygen atoms in total. The molecule has 17 heavy (non-hydrogen) atoms. The van der Waals surface area contributed by atoms with Gasteiger partial charge in [0.25, 0.3) is 0 Å². The average molecular weight is 234 g/mol. The summed E-state index contributed by atoms with van der Waals surface area (Å²) in [4.78, 5) is 6.53. The van der Waals surface area contributed by atoms with Crippen molar-refractivity contribution in [3.63, 3.8) is 0 Å². The minimum Gasteiger partial charge on any atom is -0.389 e. The lowest BCUT2D eigenvalue weighted by Crippen LogP contribution is -2.39. The van der Waals surface area contributed by atoms with Crippen LogP contribution in [0.2, 0.25) is 0 Å². The molecule has 1 fully saturated rings. The van der Waals surface area contributed by atoms with Crippen LogP contribution in [0.25, 0.3) is 0 Å². The van der Waals surface area contributed by atoms with Crippen molar-refractivity contribution < 1.29 is 5.11 Å². The minimum absolute atomic E-state index is 0.432. The largest absolute Gasteiger partial charge is 0.389 e. The van der Waals surface area contributed by atoms with Gasteiger partial charge >= 0.3 is 0 Å². The van der Waals surface area contributed by atoms with E-state index in [1.54, 1.807) is 0 Å². The number of pyridine rings is 1. The van der Waals surface area contributed by atoms with E-state index in [2.05, 4.69) is 23.0 Å². The van der Waals surface area contributed by atoms with E-state index in [4.69, 9.17) is 0 Å². The number of hydrogen-bond donors (Lipinski definition) is 1. The van der Waals surface area contributed by atoms with Crippen LogP contribution in [0.3, 0.4) is 0 Å². The van der Waals surface area contributed by atoms with E-state index < -0.39 is 5.60 Å². The van der Waals surface area contributed by atoms with Crippen molar-refractivity contribution in [1.82, 2.24) is 9.88 Å². The molecular formula is C14H22N2O. The van der Waals surface area contributed by atoms with Crippen molar-refractivity contribution in [2.75, 3.05) is 20.1 Å². The number of hydrogen-bond acceptors (Lipinski definition) is 3. The Hall–Kier alpha value is -0.930. The van der Waals surface area contributed by atoms with Crippen molar-refractivity contribution in [3.8, 4) is 0 Å². The Labute approximate surface area is 103 Å². The first-order valence-electron chi connectivity index (χ1n) is 6.49. The fourth-order valence-electron chi connectivity index (χ4n) is 2.62. The van der Waals surface area contributed by atoms with Gasteiger partial charge in [-0.3, -0.25) is 4.98 Å². The van der Waals surface area contributed by atoms with Crippen molar-refractivity contribution in [2.45, 2.75) is 37.7 Å². The van der Waals surface area contributed by atoms with E-state index in [-0.39, 0.29) is 0 Å². The second-order valence-corrected chi connectivity index (χ2v) is 5.24. The van der Waals surface area contributed by atoms with E-state index in [1.165, 1.54) is 12.8 Å². The molecule has 2 rings (SSSR count). The monoisotopic (exact) mass is 234 g/mol. The van der Waals surface area contributed by atoms with E-state index in [9.17, 15) is 5.11 Å². The molecule has 94 valence electrons. The predicted octanol–water partition coefficient (Wildman–Crippen LogP) is 1.86. The summed E-state index contributed by atoms with van der Waals surface area (Å²) >= 11 is 0. The van der Waals surface area contributed by atoms with Crippen molar-refractivity contribution in [2.24, 2.45) is 0 Å². The van der Waals surface area contributed by atoms with Gasteiger partial charge in [-0.25, -0.2) is 0 Å². The third-order valence-electron chi connectivity index (χ3n) is 3.57. The molecule has 0 spiro atoms. The highest BCUT2D eigenvalue weighted by Crippen LogP contribution is 2.29. The molecule has 1 aliphatic carbocycles. The van der Waals surface area contributed by atoms with Crippen LogP contribution in [0.1, 0.15) is 31.4 Å². The normalized spacial score (nSPS) is 18.8. The van der Waals surface area contributed by atoms with Crippen molar-refractivity contribution in [1.29, 1.82) is 0 Å². The second-order valence-electron chi connectivity index (χ2n) is 5.24. The molecule has 1 N–H and O–H groups in total. The van der Waals surface area contributed by atoms with E-state index >= 15 is 0 Å². The summed E-state index contributed by atoms with van der Waals surface area (Å²) < 4.78 is 0. The Morgan fingerprint density at radius 1 is 1.35 bits per heavy atom. The van der Waals surface area contributed by atoms with Crippen molar-refractivity contribution >= 4 is 0 Å². The van der Waals surface area contributed by atoms with Gasteiger partial charge in [0.1, 0.15) is 0 Å². The lowest BCUT2D eigenvalue weighted by atomic mass is 10.0. The van der Waals surface area contributed by atoms with Crippen LogP contribution in [-0.2, 0) is 6.42 Å². The zero-order chi connectivity index (χ0) is 12.1. The highest BCUT2D eigenvalue weighted by molar-refractivity contribution is 5.03. The van der Waals surface area contributed by atoms with Crippen LogP contribution in [0.5, 0.6) is 0 Å². The van der Waals surface area contributed by atoms with E-state index in [0.717, 1.165) is 38.0 Å². The molecular weight excluding hydrogens is 212 g/mol. The molecule has 1 aromatic rings. The quantitative estimate of drug-likeness (QED) is 0.845. The number of nitrogens with zero attached hydrogens (tertiary/aromatic N) is 2. The van der Waals surface area contributed by atoms with Crippen LogP contribution in [-0.4, -0.2) is 40.7 Å². The van der Waals surface area contributed by atoms with Crippen LogP contribution in [0.4, 0.5) is 0 Å². The summed E-state index contributed by atoms with van der Waals surface area (Å²) in [5.41, 5.74) is 0.691. The van der Waals surface area contributed by atoms with Crippen LogP contribution in [0, 0.1) is 0 Å². The maximum atomic E-state index is 10.3. The molecule has 0 aromatic carbocycles. The van der Waals surface area contributed by atoms with E-state index in [0.29, 0.717) is 0 Å². The zero-order valence-electron chi connectivity index (χ0n) is 10.6. The minimum atomic E-state index is -0.432. The van der Waals surface area contributed by atoms with Crippen molar-refractivity contribution in [3.05, 3.63) is 30.1 Å². The van der Waals surface area contributed by atoms with Gasteiger partial charge in [0.2, 0.25) is 0 Å². The SMILES string of the molecule is CN(CCc1ccccn1)CC1(O)CCCC1. The molecule has 0 atom stereocenters. The lowest BCUT2D eigenvalue weighted by molar-refractivity contribution is 0.0166. The topological polar surface area (TPSA) is 36.4 Å². The van der Waals surface area contributed by atoms with Gasteiger partial charge < -0.3 is 10.0 Å². The Morgan fingerprint density at radius 2 is 2.12 bits per heavy atom. The summed E-state index contributed by atoms with van der Waals surface area (Å²) in [5, 5.41) is 10.3. The average Bonchev–Trinajstić information content (AvgIpc) is 2.74. The number of likely N-dealkylation sites (N-methyl/N-ethyl adjacent to an activating group) is 1. The summed E-state index contributed by atoms with van der Waals surface area (Å²) in [6.07, 6.45) is 7.05. The molecule has 0 aliphatic heterocycles. The first kappa shape index (κ1) is 12.5. The number of aromatic nitrogens is 1. The van der Waals surface area contributed by atoms with Crippen LogP contribution < -0.4 is 0 Å². The molecule has 0 bridgehead atoms. The molecule has 0 unspecified atom stereocenters. The van der Waals surface area contributed by atoms with Gasteiger partial charge in [0, 0.05) is 31.4 Å². The van der Waals surface area contributed by atoms with Gasteiger partial charge in [0.05, 0.1) is 5.60 Å². The van der Waals surface area contributed by atoms with Gasteiger partial charge in [-0.05, 0) is 32.0 Å². The Morgan fingerprint density at radius 3 is 2.76 bits per heavy atom. The summed E-state index contributed by atoms with van der Waals surface area (Å²) in [6, 6.07) is 6.01. The van der Waals surface area contributed by atoms with Crippen LogP contribution >= 0.6 is 0 Å². The highest BCUT2D eigenvalue weighted by atomic mass is 16.3. The third kappa shape index (κ3) is 3.79. The molecule has 1 saturated carbocycles. The second kappa shape index (κ2) is 5.61. The summed E-state index contributed by atoms with van der Waals surface area (Å²) in [5.74, 6) is 0. The molecule has 1 heterocycles. The third-order valence-corrected chi connectivity index (χ3v) is 3.57. The number of rotatable bonds is 5. The molecule has 1 aromatic heterocycles. The molecule has 3 heteroatoms. The standard InChI is InChI=1S/C14H22N2O/c1-16(12-14(17)8-3-4-9-14)11-7-13-6-2-5-10-15-13/h2,5-6,10,17H,3-4,7-9,11-12H2,1H3. The predicted molar refractivity (Wildman–Crippen MR) is 68.9 cm³/mol. The fraction of sp³-hybridized carbons (Fsp3) is 0.643.